The number of morpholine rings is 1. The number of ether oxygens (including phenoxy) is 1. The molecule has 1 amide bonds. The molecule has 2 rings (SSSR count). The topological polar surface area (TPSA) is 67.6 Å². The van der Waals surface area contributed by atoms with Gasteiger partial charge in [-0.2, -0.15) is 0 Å². The molecular formula is C14H27N3O2. The van der Waals surface area contributed by atoms with Crippen LogP contribution in [-0.2, 0) is 9.53 Å². The Hall–Kier alpha value is -0.650. The van der Waals surface area contributed by atoms with E-state index >= 15 is 0 Å². The Bertz CT molecular complexity index is 310. The molecule has 2 aliphatic rings. The highest BCUT2D eigenvalue weighted by Gasteiger charge is 2.38. The van der Waals surface area contributed by atoms with Crippen LogP contribution in [0.4, 0.5) is 0 Å². The maximum absolute atomic E-state index is 12.3. The highest BCUT2D eigenvalue weighted by Crippen LogP contribution is 2.27. The van der Waals surface area contributed by atoms with Gasteiger partial charge >= 0.3 is 0 Å². The van der Waals surface area contributed by atoms with E-state index < -0.39 is 5.54 Å². The SMILES string of the molecule is CC(NC(=O)C1(N)CCCC1)C(C)N1CCOCC1. The van der Waals surface area contributed by atoms with Crippen LogP contribution in [0.1, 0.15) is 39.5 Å². The molecule has 2 unspecified atom stereocenters. The first kappa shape index (κ1) is 14.8. The molecule has 2 atom stereocenters. The van der Waals surface area contributed by atoms with Crippen molar-refractivity contribution in [3.05, 3.63) is 0 Å². The fraction of sp³-hybridized carbons (Fsp3) is 0.929. The zero-order chi connectivity index (χ0) is 13.9. The summed E-state index contributed by atoms with van der Waals surface area (Å²) in [6, 6.07) is 0.435. The van der Waals surface area contributed by atoms with Gasteiger partial charge in [0.2, 0.25) is 5.91 Å². The predicted octanol–water partition coefficient (Wildman–Crippen LogP) is 0.483. The first-order chi connectivity index (χ1) is 9.03. The van der Waals surface area contributed by atoms with E-state index in [1.165, 1.54) is 0 Å². The second-order valence-electron chi connectivity index (χ2n) is 6.01. The van der Waals surface area contributed by atoms with Crippen molar-refractivity contribution in [2.75, 3.05) is 26.3 Å². The molecule has 110 valence electrons. The van der Waals surface area contributed by atoms with Crippen molar-refractivity contribution in [3.8, 4) is 0 Å². The Balaban J connectivity index is 1.85. The van der Waals surface area contributed by atoms with Crippen LogP contribution in [0.25, 0.3) is 0 Å². The van der Waals surface area contributed by atoms with Crippen LogP contribution in [-0.4, -0.2) is 54.7 Å². The fourth-order valence-corrected chi connectivity index (χ4v) is 3.01. The molecule has 19 heavy (non-hydrogen) atoms. The second-order valence-corrected chi connectivity index (χ2v) is 6.01. The number of carbonyl (C=O) groups excluding carboxylic acids is 1. The summed E-state index contributed by atoms with van der Waals surface area (Å²) in [6.45, 7) is 7.67. The van der Waals surface area contributed by atoms with Crippen molar-refractivity contribution < 1.29 is 9.53 Å². The fourth-order valence-electron chi connectivity index (χ4n) is 3.01. The summed E-state index contributed by atoms with van der Waals surface area (Å²) >= 11 is 0. The Morgan fingerprint density at radius 3 is 2.42 bits per heavy atom. The zero-order valence-corrected chi connectivity index (χ0v) is 12.2. The van der Waals surface area contributed by atoms with Crippen LogP contribution >= 0.6 is 0 Å². The molecule has 5 nitrogen and oxygen atoms in total. The lowest BCUT2D eigenvalue weighted by molar-refractivity contribution is -0.127. The quantitative estimate of drug-likeness (QED) is 0.779. The summed E-state index contributed by atoms with van der Waals surface area (Å²) in [5.74, 6) is 0.0256. The molecule has 3 N–H and O–H groups in total. The minimum absolute atomic E-state index is 0.0256. The first-order valence-corrected chi connectivity index (χ1v) is 7.44. The van der Waals surface area contributed by atoms with Crippen LogP contribution in [0.5, 0.6) is 0 Å². The number of nitrogens with two attached hydrogens (primary N) is 1. The lowest BCUT2D eigenvalue weighted by atomic mass is 9.97. The summed E-state index contributed by atoms with van der Waals surface area (Å²) in [7, 11) is 0. The van der Waals surface area contributed by atoms with E-state index in [0.717, 1.165) is 52.0 Å². The van der Waals surface area contributed by atoms with E-state index in [4.69, 9.17) is 10.5 Å². The summed E-state index contributed by atoms with van der Waals surface area (Å²) < 4.78 is 5.36. The molecule has 2 fully saturated rings. The molecule has 1 saturated carbocycles. The van der Waals surface area contributed by atoms with Gasteiger partial charge in [-0.15, -0.1) is 0 Å². The lowest BCUT2D eigenvalue weighted by Crippen LogP contribution is -2.58. The average Bonchev–Trinajstić information content (AvgIpc) is 2.87. The van der Waals surface area contributed by atoms with Crippen LogP contribution in [0.15, 0.2) is 0 Å². The number of nitrogens with one attached hydrogen (secondary N) is 1. The molecule has 5 heteroatoms. The third-order valence-electron chi connectivity index (χ3n) is 4.65. The first-order valence-electron chi connectivity index (χ1n) is 7.44. The molecule has 1 aliphatic carbocycles. The van der Waals surface area contributed by atoms with Crippen LogP contribution < -0.4 is 11.1 Å². The van der Waals surface area contributed by atoms with Gasteiger partial charge in [-0.3, -0.25) is 9.69 Å². The van der Waals surface area contributed by atoms with Crippen LogP contribution in [0, 0.1) is 0 Å². The molecule has 0 aromatic heterocycles. The molecular weight excluding hydrogens is 242 g/mol. The monoisotopic (exact) mass is 269 g/mol. The molecule has 1 heterocycles. The van der Waals surface area contributed by atoms with Gasteiger partial charge in [-0.25, -0.2) is 0 Å². The van der Waals surface area contributed by atoms with Crippen molar-refractivity contribution in [2.24, 2.45) is 5.73 Å². The van der Waals surface area contributed by atoms with Gasteiger partial charge in [-0.05, 0) is 26.7 Å². The van der Waals surface area contributed by atoms with Gasteiger partial charge in [0.15, 0.2) is 0 Å². The Morgan fingerprint density at radius 1 is 1.26 bits per heavy atom. The van der Waals surface area contributed by atoms with Gasteiger partial charge in [0.25, 0.3) is 0 Å². The van der Waals surface area contributed by atoms with E-state index in [1.807, 2.05) is 0 Å². The molecule has 0 aromatic carbocycles. The number of hydrogen-bond donors (Lipinski definition) is 2. The third-order valence-corrected chi connectivity index (χ3v) is 4.65. The standard InChI is InChI=1S/C14H27N3O2/c1-11(12(2)17-7-9-19-10-8-17)16-13(18)14(15)5-3-4-6-14/h11-12H,3-10,15H2,1-2H3,(H,16,18). The van der Waals surface area contributed by atoms with Crippen molar-refractivity contribution >= 4 is 5.91 Å². The highest BCUT2D eigenvalue weighted by molar-refractivity contribution is 5.86. The van der Waals surface area contributed by atoms with Gasteiger partial charge in [0.1, 0.15) is 0 Å². The van der Waals surface area contributed by atoms with E-state index in [1.54, 1.807) is 0 Å². The van der Waals surface area contributed by atoms with Crippen molar-refractivity contribution in [2.45, 2.75) is 57.2 Å². The van der Waals surface area contributed by atoms with E-state index in [2.05, 4.69) is 24.1 Å². The molecule has 1 saturated heterocycles. The summed E-state index contributed by atoms with van der Waals surface area (Å²) in [6.07, 6.45) is 3.77. The van der Waals surface area contributed by atoms with Crippen LogP contribution in [0.2, 0.25) is 0 Å². The Kier molecular flexibility index (Phi) is 4.81. The molecule has 0 radical (unpaired) electrons. The predicted molar refractivity (Wildman–Crippen MR) is 74.8 cm³/mol. The highest BCUT2D eigenvalue weighted by atomic mass is 16.5. The number of rotatable bonds is 4. The van der Waals surface area contributed by atoms with Crippen molar-refractivity contribution in [1.82, 2.24) is 10.2 Å². The summed E-state index contributed by atoms with van der Waals surface area (Å²) in [5, 5.41) is 3.11. The maximum atomic E-state index is 12.3. The Morgan fingerprint density at radius 2 is 1.84 bits per heavy atom. The summed E-state index contributed by atoms with van der Waals surface area (Å²) in [4.78, 5) is 14.7. The van der Waals surface area contributed by atoms with E-state index in [0.29, 0.717) is 6.04 Å². The molecule has 0 spiro atoms. The van der Waals surface area contributed by atoms with Gasteiger partial charge in [0.05, 0.1) is 18.8 Å². The number of hydrogen-bond acceptors (Lipinski definition) is 4. The second kappa shape index (κ2) is 6.20. The van der Waals surface area contributed by atoms with Crippen LogP contribution in [0.3, 0.4) is 0 Å². The van der Waals surface area contributed by atoms with E-state index in [9.17, 15) is 4.79 Å². The Labute approximate surface area is 115 Å². The largest absolute Gasteiger partial charge is 0.379 e. The molecule has 1 aliphatic heterocycles. The number of nitrogens with zero attached hydrogens (tertiary/aromatic N) is 1. The lowest BCUT2D eigenvalue weighted by Gasteiger charge is -2.37. The summed E-state index contributed by atoms with van der Waals surface area (Å²) in [5.41, 5.74) is 5.56. The molecule has 0 aromatic rings. The van der Waals surface area contributed by atoms with Crippen molar-refractivity contribution in [3.63, 3.8) is 0 Å². The average molecular weight is 269 g/mol. The van der Waals surface area contributed by atoms with Gasteiger partial charge in [-0.1, -0.05) is 12.8 Å². The third kappa shape index (κ3) is 3.46. The number of amides is 1. The van der Waals surface area contributed by atoms with Crippen molar-refractivity contribution in [1.29, 1.82) is 0 Å². The normalized spacial score (nSPS) is 26.9. The minimum atomic E-state index is -0.626. The van der Waals surface area contributed by atoms with Gasteiger partial charge < -0.3 is 15.8 Å². The molecule has 0 bridgehead atoms. The maximum Gasteiger partial charge on any atom is 0.240 e. The van der Waals surface area contributed by atoms with E-state index in [-0.39, 0.29) is 11.9 Å². The number of carbonyl (C=O) groups is 1. The van der Waals surface area contributed by atoms with Gasteiger partial charge in [0, 0.05) is 25.2 Å². The smallest absolute Gasteiger partial charge is 0.240 e. The zero-order valence-electron chi connectivity index (χ0n) is 12.2. The minimum Gasteiger partial charge on any atom is -0.379 e.